The number of hydrogen-bond donors (Lipinski definition) is 0. The topological polar surface area (TPSA) is 58.6 Å². The normalized spacial score (nSPS) is 14.8. The maximum atomic E-state index is 11.6. The Hall–Kier alpha value is -2.48. The van der Waals surface area contributed by atoms with Gasteiger partial charge in [-0.1, -0.05) is 23.7 Å². The third-order valence-electron chi connectivity index (χ3n) is 4.90. The fraction of sp³-hybridized carbons (Fsp3) is 0.286. The van der Waals surface area contributed by atoms with Crippen LogP contribution in [0.25, 0.3) is 10.6 Å². The molecule has 0 atom stereocenters. The van der Waals surface area contributed by atoms with Gasteiger partial charge in [0.05, 0.1) is 23.4 Å². The lowest BCUT2D eigenvalue weighted by Gasteiger charge is -2.35. The van der Waals surface area contributed by atoms with Crippen molar-refractivity contribution in [3.8, 4) is 10.6 Å². The van der Waals surface area contributed by atoms with Gasteiger partial charge in [-0.15, -0.1) is 11.3 Å². The van der Waals surface area contributed by atoms with Crippen molar-refractivity contribution < 1.29 is 9.53 Å². The Morgan fingerprint density at radius 1 is 1.14 bits per heavy atom. The van der Waals surface area contributed by atoms with Crippen LogP contribution in [0, 0.1) is 0 Å². The van der Waals surface area contributed by atoms with Crippen LogP contribution in [0.4, 0.5) is 5.82 Å². The van der Waals surface area contributed by atoms with Crippen LogP contribution in [-0.4, -0.2) is 54.1 Å². The van der Waals surface area contributed by atoms with Crippen molar-refractivity contribution in [1.29, 1.82) is 0 Å². The predicted molar refractivity (Wildman–Crippen MR) is 116 cm³/mol. The number of nitrogens with zero attached hydrogens (tertiary/aromatic N) is 4. The first kappa shape index (κ1) is 19.8. The highest BCUT2D eigenvalue weighted by Gasteiger charge is 2.19. The maximum Gasteiger partial charge on any atom is 0.337 e. The van der Waals surface area contributed by atoms with E-state index in [2.05, 4.69) is 20.2 Å². The molecule has 0 amide bonds. The zero-order valence-electron chi connectivity index (χ0n) is 16.0. The van der Waals surface area contributed by atoms with E-state index < -0.39 is 0 Å². The van der Waals surface area contributed by atoms with E-state index in [9.17, 15) is 4.79 Å². The number of ether oxygens (including phenoxy) is 1. The molecule has 0 radical (unpaired) electrons. The van der Waals surface area contributed by atoms with Crippen LogP contribution in [0.2, 0.25) is 5.02 Å². The lowest BCUT2D eigenvalue weighted by atomic mass is 10.1. The Balaban J connectivity index is 1.34. The highest BCUT2D eigenvalue weighted by Crippen LogP contribution is 2.25. The molecule has 4 rings (SSSR count). The van der Waals surface area contributed by atoms with Gasteiger partial charge in [-0.25, -0.2) is 14.8 Å². The Morgan fingerprint density at radius 3 is 2.55 bits per heavy atom. The van der Waals surface area contributed by atoms with Gasteiger partial charge in [0.1, 0.15) is 10.8 Å². The lowest BCUT2D eigenvalue weighted by molar-refractivity contribution is 0.0601. The van der Waals surface area contributed by atoms with Gasteiger partial charge in [-0.05, 0) is 24.3 Å². The maximum absolute atomic E-state index is 11.6. The number of halogens is 1. The van der Waals surface area contributed by atoms with Gasteiger partial charge in [0.25, 0.3) is 0 Å². The number of pyridine rings is 1. The van der Waals surface area contributed by atoms with Crippen LogP contribution in [0.3, 0.4) is 0 Å². The number of hydrogen-bond acceptors (Lipinski definition) is 7. The summed E-state index contributed by atoms with van der Waals surface area (Å²) in [4.78, 5) is 25.4. The molecule has 3 aromatic rings. The molecule has 2 aromatic heterocycles. The summed E-state index contributed by atoms with van der Waals surface area (Å²) in [7, 11) is 1.38. The number of rotatable bonds is 5. The summed E-state index contributed by atoms with van der Waals surface area (Å²) in [6.07, 6.45) is 1.69. The first-order valence-electron chi connectivity index (χ1n) is 9.34. The molecule has 0 bridgehead atoms. The summed E-state index contributed by atoms with van der Waals surface area (Å²) in [5.41, 5.74) is 2.62. The zero-order valence-corrected chi connectivity index (χ0v) is 17.6. The molecule has 150 valence electrons. The number of piperazine rings is 1. The van der Waals surface area contributed by atoms with Crippen molar-refractivity contribution >= 4 is 34.7 Å². The minimum atomic E-state index is -0.329. The summed E-state index contributed by atoms with van der Waals surface area (Å²) in [5, 5.41) is 3.73. The average Bonchev–Trinajstić information content (AvgIpc) is 3.23. The second-order valence-electron chi connectivity index (χ2n) is 6.81. The molecule has 3 heterocycles. The smallest absolute Gasteiger partial charge is 0.337 e. The third kappa shape index (κ3) is 4.75. The number of carbonyl (C=O) groups excluding carboxylic acids is 1. The molecule has 1 aliphatic rings. The van der Waals surface area contributed by atoms with Crippen LogP contribution in [0.5, 0.6) is 0 Å². The van der Waals surface area contributed by atoms with E-state index >= 15 is 0 Å². The summed E-state index contributed by atoms with van der Waals surface area (Å²) in [6, 6.07) is 11.2. The molecule has 0 saturated carbocycles. The van der Waals surface area contributed by atoms with Crippen molar-refractivity contribution in [2.45, 2.75) is 6.54 Å². The molecule has 1 aromatic carbocycles. The second-order valence-corrected chi connectivity index (χ2v) is 8.11. The summed E-state index contributed by atoms with van der Waals surface area (Å²) in [6.45, 7) is 4.62. The van der Waals surface area contributed by atoms with E-state index in [1.54, 1.807) is 29.7 Å². The van der Waals surface area contributed by atoms with Gasteiger partial charge in [-0.3, -0.25) is 4.90 Å². The fourth-order valence-corrected chi connectivity index (χ4v) is 4.23. The first-order chi connectivity index (χ1) is 14.1. The Labute approximate surface area is 178 Å². The average molecular weight is 429 g/mol. The number of anilines is 1. The molecule has 1 aliphatic heterocycles. The second kappa shape index (κ2) is 8.90. The van der Waals surface area contributed by atoms with Gasteiger partial charge in [0.2, 0.25) is 0 Å². The van der Waals surface area contributed by atoms with E-state index in [1.807, 2.05) is 24.3 Å². The molecule has 29 heavy (non-hydrogen) atoms. The van der Waals surface area contributed by atoms with E-state index in [0.29, 0.717) is 10.6 Å². The van der Waals surface area contributed by atoms with Gasteiger partial charge in [-0.2, -0.15) is 0 Å². The standard InChI is InChI=1S/C21H21ClN4O2S/c1-28-21(27)16-4-2-15(3-5-16)20-24-18(14-29-20)13-25-8-10-26(11-9-25)19-7-6-17(22)12-23-19/h2-7,12,14H,8-11,13H2,1H3. The molecular formula is C21H21ClN4O2S. The highest BCUT2D eigenvalue weighted by molar-refractivity contribution is 7.13. The van der Waals surface area contributed by atoms with Crippen LogP contribution in [-0.2, 0) is 11.3 Å². The number of thiazole rings is 1. The van der Waals surface area contributed by atoms with E-state index in [0.717, 1.165) is 54.8 Å². The molecule has 0 spiro atoms. The predicted octanol–water partition coefficient (Wildman–Crippen LogP) is 3.97. The number of aromatic nitrogens is 2. The number of benzene rings is 1. The van der Waals surface area contributed by atoms with Crippen LogP contribution in [0.15, 0.2) is 48.0 Å². The highest BCUT2D eigenvalue weighted by atomic mass is 35.5. The van der Waals surface area contributed by atoms with E-state index in [4.69, 9.17) is 21.3 Å². The van der Waals surface area contributed by atoms with Crippen LogP contribution >= 0.6 is 22.9 Å². The van der Waals surface area contributed by atoms with Gasteiger partial charge in [0, 0.05) is 49.9 Å². The Kier molecular flexibility index (Phi) is 6.08. The number of esters is 1. The largest absolute Gasteiger partial charge is 0.465 e. The van der Waals surface area contributed by atoms with Gasteiger partial charge < -0.3 is 9.64 Å². The quantitative estimate of drug-likeness (QED) is 0.573. The molecular weight excluding hydrogens is 408 g/mol. The Morgan fingerprint density at radius 2 is 1.90 bits per heavy atom. The van der Waals surface area contributed by atoms with Crippen molar-refractivity contribution in [3.05, 3.63) is 64.3 Å². The first-order valence-corrected chi connectivity index (χ1v) is 10.6. The van der Waals surface area contributed by atoms with Gasteiger partial charge in [0.15, 0.2) is 0 Å². The number of carbonyl (C=O) groups is 1. The molecule has 1 fully saturated rings. The van der Waals surface area contributed by atoms with E-state index in [1.165, 1.54) is 7.11 Å². The third-order valence-corrected chi connectivity index (χ3v) is 6.06. The summed E-state index contributed by atoms with van der Waals surface area (Å²) < 4.78 is 4.74. The lowest BCUT2D eigenvalue weighted by Crippen LogP contribution is -2.46. The number of methoxy groups -OCH3 is 1. The van der Waals surface area contributed by atoms with E-state index in [-0.39, 0.29) is 5.97 Å². The van der Waals surface area contributed by atoms with Crippen molar-refractivity contribution in [2.75, 3.05) is 38.2 Å². The Bertz CT molecular complexity index is 967. The fourth-order valence-electron chi connectivity index (χ4n) is 3.30. The monoisotopic (exact) mass is 428 g/mol. The molecule has 0 unspecified atom stereocenters. The minimum absolute atomic E-state index is 0.329. The molecule has 0 aliphatic carbocycles. The zero-order chi connectivity index (χ0) is 20.2. The van der Waals surface area contributed by atoms with Crippen LogP contribution in [0.1, 0.15) is 16.1 Å². The molecule has 8 heteroatoms. The van der Waals surface area contributed by atoms with Crippen LogP contribution < -0.4 is 4.90 Å². The molecule has 0 N–H and O–H groups in total. The van der Waals surface area contributed by atoms with Crippen molar-refractivity contribution in [1.82, 2.24) is 14.9 Å². The molecule has 1 saturated heterocycles. The molecule has 6 nitrogen and oxygen atoms in total. The minimum Gasteiger partial charge on any atom is -0.465 e. The van der Waals surface area contributed by atoms with Crippen molar-refractivity contribution in [3.63, 3.8) is 0 Å². The SMILES string of the molecule is COC(=O)c1ccc(-c2nc(CN3CCN(c4ccc(Cl)cn4)CC3)cs2)cc1. The summed E-state index contributed by atoms with van der Waals surface area (Å²) in [5.74, 6) is 0.643. The summed E-state index contributed by atoms with van der Waals surface area (Å²) >= 11 is 7.55. The van der Waals surface area contributed by atoms with Crippen molar-refractivity contribution in [2.24, 2.45) is 0 Å². The van der Waals surface area contributed by atoms with Gasteiger partial charge >= 0.3 is 5.97 Å².